The Kier molecular flexibility index (Phi) is 7.47. The Balaban J connectivity index is 1.35. The van der Waals surface area contributed by atoms with Gasteiger partial charge in [-0.05, 0) is 74.6 Å². The first kappa shape index (κ1) is 27.9. The molecule has 1 saturated carbocycles. The van der Waals surface area contributed by atoms with E-state index in [-0.39, 0.29) is 29.9 Å². The molecule has 1 aromatic heterocycles. The second kappa shape index (κ2) is 11.2. The summed E-state index contributed by atoms with van der Waals surface area (Å²) in [5.41, 5.74) is 3.48. The number of hydrogen-bond donors (Lipinski definition) is 0. The van der Waals surface area contributed by atoms with Gasteiger partial charge in [-0.15, -0.1) is 0 Å². The second-order valence-corrected chi connectivity index (χ2v) is 11.0. The zero-order valence-electron chi connectivity index (χ0n) is 23.8. The fourth-order valence-electron chi connectivity index (χ4n) is 5.88. The summed E-state index contributed by atoms with van der Waals surface area (Å²) in [7, 11) is 1.60. The SMILES string of the molecule is CCOC(=O)[C@@H]1C[C@H]1c1ccc(OC)c(-c2ccc(N3CCC3)nc2CN2C(=O)O[C@H](c3cc(F)cc(F)c3)[C@@H]2C)c1. The molecule has 2 saturated heterocycles. The molecule has 42 heavy (non-hydrogen) atoms. The number of methoxy groups -OCH3 is 1. The average Bonchev–Trinajstić information content (AvgIpc) is 3.69. The summed E-state index contributed by atoms with van der Waals surface area (Å²) in [5, 5.41) is 0. The molecule has 0 radical (unpaired) electrons. The minimum absolute atomic E-state index is 0.0616. The quantitative estimate of drug-likeness (QED) is 0.289. The fourth-order valence-corrected chi connectivity index (χ4v) is 5.88. The third-order valence-corrected chi connectivity index (χ3v) is 8.39. The third kappa shape index (κ3) is 5.26. The van der Waals surface area contributed by atoms with E-state index in [0.717, 1.165) is 54.5 Å². The van der Waals surface area contributed by atoms with Crippen molar-refractivity contribution in [3.63, 3.8) is 0 Å². The molecule has 3 heterocycles. The molecule has 3 aliphatic rings. The molecule has 1 amide bonds. The van der Waals surface area contributed by atoms with Gasteiger partial charge >= 0.3 is 12.1 Å². The number of rotatable bonds is 9. The van der Waals surface area contributed by atoms with E-state index < -0.39 is 29.9 Å². The number of aromatic nitrogens is 1. The van der Waals surface area contributed by atoms with Gasteiger partial charge in [0.1, 0.15) is 29.3 Å². The van der Waals surface area contributed by atoms with Crippen LogP contribution in [0.15, 0.2) is 48.5 Å². The number of pyridine rings is 1. The van der Waals surface area contributed by atoms with Crippen molar-refractivity contribution in [1.29, 1.82) is 0 Å². The van der Waals surface area contributed by atoms with Crippen molar-refractivity contribution in [3.8, 4) is 16.9 Å². The lowest BCUT2D eigenvalue weighted by molar-refractivity contribution is -0.144. The summed E-state index contributed by atoms with van der Waals surface area (Å²) in [4.78, 5) is 34.1. The van der Waals surface area contributed by atoms with Crippen LogP contribution in [0.3, 0.4) is 0 Å². The third-order valence-electron chi connectivity index (χ3n) is 8.39. The minimum Gasteiger partial charge on any atom is -0.496 e. The maximum Gasteiger partial charge on any atom is 0.411 e. The Bertz CT molecular complexity index is 1510. The van der Waals surface area contributed by atoms with E-state index in [1.807, 2.05) is 30.3 Å². The number of ether oxygens (including phenoxy) is 3. The molecule has 3 fully saturated rings. The van der Waals surface area contributed by atoms with Crippen molar-refractivity contribution in [3.05, 3.63) is 77.0 Å². The lowest BCUT2D eigenvalue weighted by Gasteiger charge is -2.33. The molecule has 0 spiro atoms. The van der Waals surface area contributed by atoms with Gasteiger partial charge in [-0.1, -0.05) is 6.07 Å². The van der Waals surface area contributed by atoms with Crippen molar-refractivity contribution in [2.24, 2.45) is 5.92 Å². The molecule has 4 atom stereocenters. The van der Waals surface area contributed by atoms with Crippen molar-refractivity contribution in [1.82, 2.24) is 9.88 Å². The summed E-state index contributed by atoms with van der Waals surface area (Å²) in [5.74, 6) is -0.304. The highest BCUT2D eigenvalue weighted by Crippen LogP contribution is 2.50. The highest BCUT2D eigenvalue weighted by atomic mass is 19.1. The zero-order chi connectivity index (χ0) is 29.5. The Morgan fingerprint density at radius 3 is 2.48 bits per heavy atom. The normalized spacial score (nSPS) is 22.9. The number of halogens is 2. The number of nitrogens with zero attached hydrogens (tertiary/aromatic N) is 3. The Labute approximate surface area is 243 Å². The number of carbonyl (C=O) groups is 2. The zero-order valence-corrected chi connectivity index (χ0v) is 23.8. The Morgan fingerprint density at radius 2 is 1.81 bits per heavy atom. The molecular weight excluding hydrogens is 544 g/mol. The summed E-state index contributed by atoms with van der Waals surface area (Å²) >= 11 is 0. The lowest BCUT2D eigenvalue weighted by atomic mass is 9.97. The standard InChI is InChI=1S/C32H33F2N3O5/c1-4-41-31(38)26-16-24(26)19-6-8-28(40-3)25(14-19)23-7-9-29(36-10-5-11-36)35-27(23)17-37-18(2)30(42-32(37)39)20-12-21(33)15-22(34)13-20/h6-9,12-15,18,24,26,30H,4-5,10-11,16-17H2,1-3H3/t18-,24-,26+,30-/m0/s1. The van der Waals surface area contributed by atoms with Gasteiger partial charge in [-0.25, -0.2) is 18.6 Å². The predicted molar refractivity (Wildman–Crippen MR) is 151 cm³/mol. The van der Waals surface area contributed by atoms with Gasteiger partial charge in [0.25, 0.3) is 0 Å². The van der Waals surface area contributed by atoms with Gasteiger partial charge in [0.05, 0.1) is 37.9 Å². The molecule has 220 valence electrons. The van der Waals surface area contributed by atoms with E-state index in [1.165, 1.54) is 17.0 Å². The summed E-state index contributed by atoms with van der Waals surface area (Å²) in [6.07, 6.45) is 0.384. The summed E-state index contributed by atoms with van der Waals surface area (Å²) < 4.78 is 44.5. The van der Waals surface area contributed by atoms with Gasteiger partial charge in [-0.3, -0.25) is 9.69 Å². The van der Waals surface area contributed by atoms with Crippen molar-refractivity contribution in [2.75, 3.05) is 31.7 Å². The van der Waals surface area contributed by atoms with Crippen LogP contribution in [0.1, 0.15) is 55.5 Å². The van der Waals surface area contributed by atoms with Crippen LogP contribution in [0.4, 0.5) is 19.4 Å². The molecule has 0 unspecified atom stereocenters. The van der Waals surface area contributed by atoms with Crippen LogP contribution in [0.5, 0.6) is 5.75 Å². The summed E-state index contributed by atoms with van der Waals surface area (Å²) in [6, 6.07) is 12.5. The number of amides is 1. The van der Waals surface area contributed by atoms with Crippen LogP contribution in [-0.2, 0) is 20.8 Å². The average molecular weight is 578 g/mol. The van der Waals surface area contributed by atoms with Crippen LogP contribution in [0, 0.1) is 17.6 Å². The van der Waals surface area contributed by atoms with Crippen LogP contribution >= 0.6 is 0 Å². The van der Waals surface area contributed by atoms with Gasteiger partial charge < -0.3 is 19.1 Å². The van der Waals surface area contributed by atoms with E-state index in [4.69, 9.17) is 19.2 Å². The van der Waals surface area contributed by atoms with Crippen molar-refractivity contribution in [2.45, 2.75) is 51.3 Å². The monoisotopic (exact) mass is 577 g/mol. The molecule has 2 aromatic carbocycles. The number of carbonyl (C=O) groups excluding carboxylic acids is 2. The molecule has 6 rings (SSSR count). The molecule has 0 bridgehead atoms. The first-order chi connectivity index (χ1) is 20.3. The molecule has 8 nitrogen and oxygen atoms in total. The molecule has 2 aliphatic heterocycles. The van der Waals surface area contributed by atoms with Crippen LogP contribution < -0.4 is 9.64 Å². The van der Waals surface area contributed by atoms with E-state index in [0.29, 0.717) is 18.1 Å². The number of benzene rings is 2. The smallest absolute Gasteiger partial charge is 0.411 e. The van der Waals surface area contributed by atoms with Crippen LogP contribution in [0.2, 0.25) is 0 Å². The highest BCUT2D eigenvalue weighted by Gasteiger charge is 2.45. The Hall–Kier alpha value is -4.21. The maximum absolute atomic E-state index is 14.0. The summed E-state index contributed by atoms with van der Waals surface area (Å²) in [6.45, 7) is 5.86. The number of hydrogen-bond acceptors (Lipinski definition) is 7. The minimum atomic E-state index is -0.836. The predicted octanol–water partition coefficient (Wildman–Crippen LogP) is 5.99. The molecule has 10 heteroatoms. The molecule has 3 aromatic rings. The molecule has 0 N–H and O–H groups in total. The van der Waals surface area contributed by atoms with Gasteiger partial charge in [0.15, 0.2) is 0 Å². The molecule has 1 aliphatic carbocycles. The van der Waals surface area contributed by atoms with E-state index >= 15 is 0 Å². The van der Waals surface area contributed by atoms with E-state index in [1.54, 1.807) is 21.0 Å². The van der Waals surface area contributed by atoms with Gasteiger partial charge in [-0.2, -0.15) is 0 Å². The first-order valence-electron chi connectivity index (χ1n) is 14.3. The first-order valence-corrected chi connectivity index (χ1v) is 14.3. The van der Waals surface area contributed by atoms with Gasteiger partial charge in [0, 0.05) is 35.8 Å². The van der Waals surface area contributed by atoms with E-state index in [2.05, 4.69) is 4.90 Å². The largest absolute Gasteiger partial charge is 0.496 e. The lowest BCUT2D eigenvalue weighted by Crippen LogP contribution is -2.38. The van der Waals surface area contributed by atoms with Gasteiger partial charge in [0.2, 0.25) is 0 Å². The van der Waals surface area contributed by atoms with E-state index in [9.17, 15) is 18.4 Å². The van der Waals surface area contributed by atoms with Crippen molar-refractivity contribution < 1.29 is 32.6 Å². The second-order valence-electron chi connectivity index (χ2n) is 11.0. The highest BCUT2D eigenvalue weighted by molar-refractivity contribution is 5.79. The number of anilines is 1. The fraction of sp³-hybridized carbons (Fsp3) is 0.406. The topological polar surface area (TPSA) is 81.2 Å². The molecular formula is C32H33F2N3O5. The van der Waals surface area contributed by atoms with Crippen LogP contribution in [-0.4, -0.2) is 54.8 Å². The van der Waals surface area contributed by atoms with Crippen LogP contribution in [0.25, 0.3) is 11.1 Å². The number of esters is 1. The number of cyclic esters (lactones) is 1. The van der Waals surface area contributed by atoms with Crippen molar-refractivity contribution >= 4 is 17.9 Å². The maximum atomic E-state index is 14.0. The Morgan fingerprint density at radius 1 is 1.05 bits per heavy atom.